The molecule has 3 aromatic carbocycles. The molecular formula is C25H24FNO4. The van der Waals surface area contributed by atoms with Crippen molar-refractivity contribution in [2.75, 3.05) is 6.79 Å². The lowest BCUT2D eigenvalue weighted by Gasteiger charge is -2.15. The van der Waals surface area contributed by atoms with E-state index in [2.05, 4.69) is 36.5 Å². The lowest BCUT2D eigenvalue weighted by molar-refractivity contribution is 0.0931. The Bertz CT molecular complexity index is 1060. The molecule has 0 aliphatic carbocycles. The Labute approximate surface area is 180 Å². The molecule has 3 aromatic rings. The van der Waals surface area contributed by atoms with Gasteiger partial charge in [0.25, 0.3) is 5.91 Å². The summed E-state index contributed by atoms with van der Waals surface area (Å²) < 4.78 is 30.6. The zero-order chi connectivity index (χ0) is 21.8. The molecule has 0 fully saturated rings. The predicted molar refractivity (Wildman–Crippen MR) is 115 cm³/mol. The number of aryl methyl sites for hydroxylation is 1. The minimum Gasteiger partial charge on any atom is -0.489 e. The number of rotatable bonds is 7. The van der Waals surface area contributed by atoms with E-state index >= 15 is 0 Å². The third kappa shape index (κ3) is 4.97. The van der Waals surface area contributed by atoms with Crippen molar-refractivity contribution in [3.63, 3.8) is 0 Å². The first-order valence-corrected chi connectivity index (χ1v) is 10.2. The van der Waals surface area contributed by atoms with E-state index in [4.69, 9.17) is 14.2 Å². The van der Waals surface area contributed by atoms with Gasteiger partial charge in [-0.1, -0.05) is 42.0 Å². The van der Waals surface area contributed by atoms with Gasteiger partial charge in [0.1, 0.15) is 23.7 Å². The van der Waals surface area contributed by atoms with Gasteiger partial charge in [-0.2, -0.15) is 0 Å². The number of fused-ring (bicyclic) bond motifs is 1. The Morgan fingerprint density at radius 1 is 1.03 bits per heavy atom. The van der Waals surface area contributed by atoms with Gasteiger partial charge in [-0.05, 0) is 55.7 Å². The summed E-state index contributed by atoms with van der Waals surface area (Å²) in [6.45, 7) is 4.41. The van der Waals surface area contributed by atoms with Crippen LogP contribution in [-0.4, -0.2) is 18.7 Å². The van der Waals surface area contributed by atoms with Gasteiger partial charge in [0, 0.05) is 6.04 Å². The number of amides is 1. The average Bonchev–Trinajstić information content (AvgIpc) is 3.22. The highest BCUT2D eigenvalue weighted by Crippen LogP contribution is 2.36. The van der Waals surface area contributed by atoms with Crippen molar-refractivity contribution in [3.05, 3.63) is 88.7 Å². The lowest BCUT2D eigenvalue weighted by Crippen LogP contribution is -2.34. The van der Waals surface area contributed by atoms with E-state index in [0.29, 0.717) is 18.8 Å². The second kappa shape index (κ2) is 9.08. The molecule has 0 radical (unpaired) electrons. The summed E-state index contributed by atoms with van der Waals surface area (Å²) in [6.07, 6.45) is 0.595. The number of carbonyl (C=O) groups is 1. The van der Waals surface area contributed by atoms with E-state index in [1.54, 1.807) is 0 Å². The fourth-order valence-electron chi connectivity index (χ4n) is 3.43. The Balaban J connectivity index is 1.33. The highest BCUT2D eigenvalue weighted by molar-refractivity contribution is 5.98. The predicted octanol–water partition coefficient (Wildman–Crippen LogP) is 4.80. The van der Waals surface area contributed by atoms with Crippen LogP contribution in [0.25, 0.3) is 0 Å². The van der Waals surface area contributed by atoms with Gasteiger partial charge in [0.05, 0.1) is 0 Å². The third-order valence-electron chi connectivity index (χ3n) is 5.08. The molecule has 1 N–H and O–H groups in total. The topological polar surface area (TPSA) is 56.8 Å². The molecule has 1 amide bonds. The minimum absolute atomic E-state index is 0.0209. The van der Waals surface area contributed by atoms with Crippen molar-refractivity contribution >= 4 is 5.91 Å². The van der Waals surface area contributed by atoms with Gasteiger partial charge in [0.15, 0.2) is 11.5 Å². The van der Waals surface area contributed by atoms with E-state index < -0.39 is 11.7 Å². The summed E-state index contributed by atoms with van der Waals surface area (Å²) in [5, 5.41) is 2.84. The number of carbonyl (C=O) groups excluding carboxylic acids is 1. The molecule has 1 atom stereocenters. The largest absolute Gasteiger partial charge is 0.489 e. The minimum atomic E-state index is -0.635. The lowest BCUT2D eigenvalue weighted by atomic mass is 10.1. The van der Waals surface area contributed by atoms with Gasteiger partial charge in [0.2, 0.25) is 6.79 Å². The Morgan fingerprint density at radius 3 is 2.48 bits per heavy atom. The SMILES string of the molecule is Cc1ccc(COc2ccc(CC(C)NC(=O)c3c(F)ccc4c3OCO4)cc2)cc1. The zero-order valence-corrected chi connectivity index (χ0v) is 17.5. The third-order valence-corrected chi connectivity index (χ3v) is 5.08. The molecule has 6 heteroatoms. The Hall–Kier alpha value is -3.54. The van der Waals surface area contributed by atoms with Gasteiger partial charge in [-0.15, -0.1) is 0 Å². The van der Waals surface area contributed by atoms with Gasteiger partial charge in [-0.3, -0.25) is 4.79 Å². The van der Waals surface area contributed by atoms with Crippen LogP contribution in [0.5, 0.6) is 17.2 Å². The Morgan fingerprint density at radius 2 is 1.74 bits per heavy atom. The molecule has 0 saturated heterocycles. The first-order chi connectivity index (χ1) is 15.0. The molecule has 1 aliphatic rings. The van der Waals surface area contributed by atoms with E-state index in [-0.39, 0.29) is 24.1 Å². The number of hydrogen-bond donors (Lipinski definition) is 1. The van der Waals surface area contributed by atoms with Crippen molar-refractivity contribution in [1.82, 2.24) is 5.32 Å². The zero-order valence-electron chi connectivity index (χ0n) is 17.5. The maximum Gasteiger partial charge on any atom is 0.258 e. The standard InChI is InChI=1S/C25H24FNO4/c1-16-3-5-19(6-4-16)14-29-20-9-7-18(8-10-20)13-17(2)27-25(28)23-21(26)11-12-22-24(23)31-15-30-22/h3-12,17H,13-15H2,1-2H3,(H,27,28). The molecule has 4 rings (SSSR count). The van der Waals surface area contributed by atoms with Crippen LogP contribution < -0.4 is 19.5 Å². The molecule has 0 spiro atoms. The second-order valence-electron chi connectivity index (χ2n) is 7.65. The summed E-state index contributed by atoms with van der Waals surface area (Å²) in [6, 6.07) is 18.4. The quantitative estimate of drug-likeness (QED) is 0.595. The summed E-state index contributed by atoms with van der Waals surface area (Å²) in [5.74, 6) is 0.148. The first kappa shape index (κ1) is 20.7. The second-order valence-corrected chi connectivity index (χ2v) is 7.65. The summed E-state index contributed by atoms with van der Waals surface area (Å²) in [5.41, 5.74) is 3.24. The van der Waals surface area contributed by atoms with Crippen LogP contribution in [0.2, 0.25) is 0 Å². The van der Waals surface area contributed by atoms with Crippen molar-refractivity contribution < 1.29 is 23.4 Å². The molecule has 160 valence electrons. The van der Waals surface area contributed by atoms with Crippen LogP contribution in [0.4, 0.5) is 4.39 Å². The molecule has 1 unspecified atom stereocenters. The van der Waals surface area contributed by atoms with Crippen molar-refractivity contribution in [2.24, 2.45) is 0 Å². The average molecular weight is 421 g/mol. The highest BCUT2D eigenvalue weighted by Gasteiger charge is 2.26. The monoisotopic (exact) mass is 421 g/mol. The van der Waals surface area contributed by atoms with Crippen molar-refractivity contribution in [1.29, 1.82) is 0 Å². The van der Waals surface area contributed by atoms with E-state index in [9.17, 15) is 9.18 Å². The van der Waals surface area contributed by atoms with Crippen molar-refractivity contribution in [3.8, 4) is 17.2 Å². The molecule has 1 aliphatic heterocycles. The van der Waals surface area contributed by atoms with E-state index in [1.807, 2.05) is 31.2 Å². The normalized spacial score (nSPS) is 13.0. The van der Waals surface area contributed by atoms with Crippen LogP contribution in [0.3, 0.4) is 0 Å². The molecule has 0 aromatic heterocycles. The molecular weight excluding hydrogens is 397 g/mol. The van der Waals surface area contributed by atoms with E-state index in [1.165, 1.54) is 17.7 Å². The summed E-state index contributed by atoms with van der Waals surface area (Å²) >= 11 is 0. The number of hydrogen-bond acceptors (Lipinski definition) is 4. The maximum atomic E-state index is 14.2. The molecule has 0 bridgehead atoms. The molecule has 31 heavy (non-hydrogen) atoms. The van der Waals surface area contributed by atoms with Gasteiger partial charge >= 0.3 is 0 Å². The number of halogens is 1. The maximum absolute atomic E-state index is 14.2. The van der Waals surface area contributed by atoms with Crippen LogP contribution in [0.15, 0.2) is 60.7 Å². The number of nitrogens with one attached hydrogen (secondary N) is 1. The van der Waals surface area contributed by atoms with Gasteiger partial charge in [-0.25, -0.2) is 4.39 Å². The number of benzene rings is 3. The van der Waals surface area contributed by atoms with Gasteiger partial charge < -0.3 is 19.5 Å². The smallest absolute Gasteiger partial charge is 0.258 e. The van der Waals surface area contributed by atoms with E-state index in [0.717, 1.165) is 16.9 Å². The molecule has 1 heterocycles. The molecule has 0 saturated carbocycles. The fourth-order valence-corrected chi connectivity index (χ4v) is 3.43. The fraction of sp³-hybridized carbons (Fsp3) is 0.240. The highest BCUT2D eigenvalue weighted by atomic mass is 19.1. The Kier molecular flexibility index (Phi) is 6.07. The molecule has 5 nitrogen and oxygen atoms in total. The van der Waals surface area contributed by atoms with Crippen LogP contribution >= 0.6 is 0 Å². The number of ether oxygens (including phenoxy) is 3. The summed E-state index contributed by atoms with van der Waals surface area (Å²) in [4.78, 5) is 12.6. The van der Waals surface area contributed by atoms with Crippen LogP contribution in [0.1, 0.15) is 34.0 Å². The van der Waals surface area contributed by atoms with Crippen molar-refractivity contribution in [2.45, 2.75) is 32.9 Å². The summed E-state index contributed by atoms with van der Waals surface area (Å²) in [7, 11) is 0. The first-order valence-electron chi connectivity index (χ1n) is 10.2. The van der Waals surface area contributed by atoms with Crippen LogP contribution in [0, 0.1) is 12.7 Å². The van der Waals surface area contributed by atoms with Crippen LogP contribution in [-0.2, 0) is 13.0 Å².